The fourth-order valence-corrected chi connectivity index (χ4v) is 1.22. The van der Waals surface area contributed by atoms with E-state index < -0.39 is 17.0 Å². The fourth-order valence-electron chi connectivity index (χ4n) is 0.408. The summed E-state index contributed by atoms with van der Waals surface area (Å²) in [4.78, 5) is 0. The summed E-state index contributed by atoms with van der Waals surface area (Å²) in [5.74, 6) is 0. The van der Waals surface area contributed by atoms with Crippen molar-refractivity contribution < 1.29 is 126 Å². The van der Waals surface area contributed by atoms with Gasteiger partial charge in [0.2, 0.25) is 0 Å². The molecule has 0 fully saturated rings. The molecule has 0 aromatic heterocycles. The van der Waals surface area contributed by atoms with E-state index in [1.807, 2.05) is 0 Å². The molecular weight excluding hydrogens is 564 g/mol. The van der Waals surface area contributed by atoms with Crippen LogP contribution in [0.1, 0.15) is 53.4 Å². The second-order valence-corrected chi connectivity index (χ2v) is 6.09. The van der Waals surface area contributed by atoms with Crippen molar-refractivity contribution in [3.8, 4) is 0 Å². The molecule has 0 saturated carbocycles. The predicted molar refractivity (Wildman–Crippen MR) is 92.7 cm³/mol. The zero-order valence-electron chi connectivity index (χ0n) is 14.6. The molecule has 0 N–H and O–H groups in total. The van der Waals surface area contributed by atoms with Gasteiger partial charge in [0.25, 0.3) is 0 Å². The topological polar surface area (TPSA) is 0 Å². The van der Waals surface area contributed by atoms with E-state index in [0.29, 0.717) is 0 Å². The molecule has 22 heavy (non-hydrogen) atoms. The smallest absolute Gasteiger partial charge is 0 e. The van der Waals surface area contributed by atoms with Crippen LogP contribution < -0.4 is 0 Å². The van der Waals surface area contributed by atoms with Crippen LogP contribution in [0.15, 0.2) is 0 Å². The van der Waals surface area contributed by atoms with Gasteiger partial charge >= 0.3 is 57.4 Å². The van der Waals surface area contributed by atoms with E-state index in [1.165, 1.54) is 38.0 Å². The Balaban J connectivity index is -0.0000000101. The number of halogens is 2. The number of hydrogen-bond donors (Lipinski definition) is 0. The molecule has 0 saturated heterocycles. The Morgan fingerprint density at radius 1 is 0.727 bits per heavy atom. The average Bonchev–Trinajstić information content (AvgIpc) is 2.38. The van der Waals surface area contributed by atoms with Gasteiger partial charge in [0, 0.05) is 86.9 Å². The largest absolute Gasteiger partial charge is 2.00 e. The molecule has 128 valence electrons. The van der Waals surface area contributed by atoms with Gasteiger partial charge in [0.05, 0.1) is 0 Å². The fraction of sp³-hybridized carbons (Fsp3) is 0.833. The molecule has 0 aliphatic heterocycles. The summed E-state index contributed by atoms with van der Waals surface area (Å²) in [6, 6.07) is 0. The Morgan fingerprint density at radius 2 is 0.864 bits per heavy atom. The molecule has 0 bridgehead atoms. The van der Waals surface area contributed by atoms with Crippen LogP contribution in [0, 0.1) is 13.8 Å². The molecule has 0 amide bonds. The standard InChI is InChI=1S/2C4H11P.2C2H5.2ClH.6Ti/c2*1-2-3-4-5;2*1-2;;;;;;;;/h2*2-5H2,1H3;2*1H2,2H3;2*1H;;;;;;/q;;2*-1;;;;;;;2*+2/p-2. The Bertz CT molecular complexity index is 64.9. The first-order valence-corrected chi connectivity index (χ1v) is 12.0. The number of hydrogen-bond acceptors (Lipinski definition) is 0. The third-order valence-electron chi connectivity index (χ3n) is 1.12. The second-order valence-electron chi connectivity index (χ2n) is 2.36. The Kier molecular flexibility index (Phi) is 313. The van der Waals surface area contributed by atoms with Crippen LogP contribution >= 0.6 is 37.1 Å². The first-order valence-electron chi connectivity index (χ1n) is 6.02. The van der Waals surface area contributed by atoms with Gasteiger partial charge in [-0.3, -0.25) is 0 Å². The van der Waals surface area contributed by atoms with Crippen molar-refractivity contribution >= 4 is 37.1 Å². The summed E-state index contributed by atoms with van der Waals surface area (Å²) in [6.45, 7) is 14.4. The summed E-state index contributed by atoms with van der Waals surface area (Å²) in [7, 11) is 15.2. The molecule has 0 radical (unpaired) electrons. The van der Waals surface area contributed by atoms with Crippen molar-refractivity contribution in [1.82, 2.24) is 0 Å². The van der Waals surface area contributed by atoms with Crippen LogP contribution in [-0.2, 0) is 126 Å². The predicted octanol–water partition coefficient (Wildman–Crippen LogP) is 6.37. The summed E-state index contributed by atoms with van der Waals surface area (Å²) in [5.41, 5.74) is 0. The van der Waals surface area contributed by atoms with Crippen LogP contribution in [0.5, 0.6) is 0 Å². The van der Waals surface area contributed by atoms with E-state index >= 15 is 0 Å². The number of unbranched alkanes of at least 4 members (excludes halogenated alkanes) is 2. The maximum Gasteiger partial charge on any atom is 2.00 e. The van der Waals surface area contributed by atoms with E-state index in [4.69, 9.17) is 18.6 Å². The molecular formula is C12H32Cl2P2Ti6. The van der Waals surface area contributed by atoms with Gasteiger partial charge in [-0.2, -0.15) is 13.8 Å². The van der Waals surface area contributed by atoms with Crippen LogP contribution in [0.4, 0.5) is 0 Å². The van der Waals surface area contributed by atoms with Gasteiger partial charge < -0.3 is 13.8 Å². The second kappa shape index (κ2) is 109. The molecule has 0 nitrogen and oxygen atoms in total. The summed E-state index contributed by atoms with van der Waals surface area (Å²) >= 11 is -0.556. The summed E-state index contributed by atoms with van der Waals surface area (Å²) < 4.78 is 0. The van der Waals surface area contributed by atoms with Gasteiger partial charge in [-0.1, -0.05) is 39.5 Å². The van der Waals surface area contributed by atoms with Crippen molar-refractivity contribution in [2.75, 3.05) is 12.3 Å². The van der Waals surface area contributed by atoms with Crippen LogP contribution in [-0.4, -0.2) is 12.3 Å². The Hall–Kier alpha value is 5.73. The molecule has 0 aliphatic rings. The first kappa shape index (κ1) is 63.0. The minimum atomic E-state index is -0.556. The Morgan fingerprint density at radius 3 is 0.864 bits per heavy atom. The van der Waals surface area contributed by atoms with E-state index in [2.05, 4.69) is 46.2 Å². The quantitative estimate of drug-likeness (QED) is 0.201. The molecule has 0 aliphatic carbocycles. The SMILES string of the molecule is CCCCP.CCCCP.[CH2-]C.[CH2-]C.[Cl][Ti][Cl].[Ti+2].[Ti].[Ti].[Ti].[Ti]. The normalized spacial score (nSPS) is 5.00. The number of rotatable bonds is 4. The van der Waals surface area contributed by atoms with Gasteiger partial charge in [0.15, 0.2) is 0 Å². The van der Waals surface area contributed by atoms with E-state index in [9.17, 15) is 0 Å². The van der Waals surface area contributed by atoms with Gasteiger partial charge in [0.1, 0.15) is 0 Å². The average molecular weight is 596 g/mol. The van der Waals surface area contributed by atoms with E-state index in [0.717, 1.165) is 0 Å². The summed E-state index contributed by atoms with van der Waals surface area (Å²) in [6.07, 6.45) is 7.87. The molecule has 0 heterocycles. The minimum absolute atomic E-state index is 0. The van der Waals surface area contributed by atoms with Crippen LogP contribution in [0.25, 0.3) is 0 Å². The molecule has 0 aromatic rings. The van der Waals surface area contributed by atoms with Crippen molar-refractivity contribution in [2.45, 2.75) is 53.4 Å². The molecule has 0 rings (SSSR count). The Labute approximate surface area is 238 Å². The minimum Gasteiger partial charge on any atom is 0 e. The van der Waals surface area contributed by atoms with Crippen molar-refractivity contribution in [3.05, 3.63) is 13.8 Å². The zero-order valence-corrected chi connectivity index (χ0v) is 27.8. The van der Waals surface area contributed by atoms with Crippen LogP contribution in [0.3, 0.4) is 0 Å². The monoisotopic (exact) mass is 596 g/mol. The van der Waals surface area contributed by atoms with Crippen molar-refractivity contribution in [3.63, 3.8) is 0 Å². The van der Waals surface area contributed by atoms with Crippen molar-refractivity contribution in [2.24, 2.45) is 0 Å². The molecule has 2 atom stereocenters. The van der Waals surface area contributed by atoms with Gasteiger partial charge in [-0.05, 0) is 12.3 Å². The zero-order chi connectivity index (χ0) is 14.9. The summed E-state index contributed by atoms with van der Waals surface area (Å²) in [5, 5.41) is 0. The van der Waals surface area contributed by atoms with Crippen molar-refractivity contribution in [1.29, 1.82) is 0 Å². The van der Waals surface area contributed by atoms with E-state index in [1.54, 1.807) is 13.8 Å². The maximum atomic E-state index is 4.89. The van der Waals surface area contributed by atoms with Crippen LogP contribution in [0.2, 0.25) is 0 Å². The third kappa shape index (κ3) is 166. The maximum absolute atomic E-state index is 4.89. The van der Waals surface area contributed by atoms with E-state index in [-0.39, 0.29) is 109 Å². The van der Waals surface area contributed by atoms with Gasteiger partial charge in [-0.25, -0.2) is 0 Å². The molecule has 10 heteroatoms. The van der Waals surface area contributed by atoms with Gasteiger partial charge in [-0.15, -0.1) is 18.5 Å². The molecule has 0 aromatic carbocycles. The third-order valence-corrected chi connectivity index (χ3v) is 1.93. The molecule has 2 unspecified atom stereocenters. The first-order chi connectivity index (χ1) is 8.24. The molecule has 0 spiro atoms.